The molecule has 1 aliphatic rings. The summed E-state index contributed by atoms with van der Waals surface area (Å²) in [4.78, 5) is 4.34. The first kappa shape index (κ1) is 12.9. The topological polar surface area (TPSA) is 74.2 Å². The van der Waals surface area contributed by atoms with Crippen LogP contribution in [0.5, 0.6) is 5.75 Å². The maximum Gasteiger partial charge on any atom is 0.250 e. The molecule has 1 aliphatic carbocycles. The summed E-state index contributed by atoms with van der Waals surface area (Å²) >= 11 is 0. The predicted molar refractivity (Wildman–Crippen MR) is 75.9 cm³/mol. The summed E-state index contributed by atoms with van der Waals surface area (Å²) in [6, 6.07) is 7.73. The van der Waals surface area contributed by atoms with E-state index in [-0.39, 0.29) is 5.54 Å². The molecule has 5 heteroatoms. The molecule has 1 heterocycles. The third-order valence-corrected chi connectivity index (χ3v) is 3.67. The molecule has 0 aliphatic heterocycles. The van der Waals surface area contributed by atoms with Crippen molar-refractivity contribution in [2.24, 2.45) is 5.73 Å². The van der Waals surface area contributed by atoms with Crippen molar-refractivity contribution < 1.29 is 9.26 Å². The second-order valence-electron chi connectivity index (χ2n) is 5.07. The summed E-state index contributed by atoms with van der Waals surface area (Å²) < 4.78 is 10.3. The number of rotatable bonds is 4. The minimum Gasteiger partial charge on any atom is -0.497 e. The van der Waals surface area contributed by atoms with Gasteiger partial charge in [0.15, 0.2) is 5.82 Å². The molecular weight excluding hydrogens is 254 g/mol. The number of methoxy groups -OCH3 is 1. The van der Waals surface area contributed by atoms with Crippen molar-refractivity contribution in [1.29, 1.82) is 0 Å². The quantitative estimate of drug-likeness (QED) is 0.925. The molecule has 0 unspecified atom stereocenters. The summed E-state index contributed by atoms with van der Waals surface area (Å²) in [7, 11) is 1.65. The van der Waals surface area contributed by atoms with Gasteiger partial charge in [-0.25, -0.2) is 0 Å². The van der Waals surface area contributed by atoms with Crippen LogP contribution in [0.25, 0.3) is 12.2 Å². The van der Waals surface area contributed by atoms with Crippen LogP contribution in [0.2, 0.25) is 0 Å². The van der Waals surface area contributed by atoms with Crippen LogP contribution >= 0.6 is 0 Å². The van der Waals surface area contributed by atoms with E-state index in [1.165, 1.54) is 0 Å². The number of benzene rings is 1. The summed E-state index contributed by atoms with van der Waals surface area (Å²) in [6.07, 6.45) is 6.69. The van der Waals surface area contributed by atoms with E-state index >= 15 is 0 Å². The van der Waals surface area contributed by atoms with Crippen LogP contribution < -0.4 is 10.5 Å². The van der Waals surface area contributed by atoms with Crippen molar-refractivity contribution in [1.82, 2.24) is 10.1 Å². The van der Waals surface area contributed by atoms with Crippen LogP contribution in [0.3, 0.4) is 0 Å². The standard InChI is InChI=1S/C15H17N3O2/c1-19-12-6-3-11(4-7-12)5-8-13-17-14(18-20-13)15(16)9-2-10-15/h3-8H,2,9-10,16H2,1H3/b8-5+. The maximum absolute atomic E-state index is 6.15. The Kier molecular flexibility index (Phi) is 3.28. The Balaban J connectivity index is 1.72. The molecule has 0 spiro atoms. The lowest BCUT2D eigenvalue weighted by Crippen LogP contribution is -2.44. The molecule has 2 N–H and O–H groups in total. The minimum absolute atomic E-state index is 0.379. The van der Waals surface area contributed by atoms with Crippen LogP contribution in [0.15, 0.2) is 28.8 Å². The van der Waals surface area contributed by atoms with Gasteiger partial charge in [0, 0.05) is 6.08 Å². The molecule has 1 fully saturated rings. The fourth-order valence-corrected chi connectivity index (χ4v) is 2.17. The largest absolute Gasteiger partial charge is 0.497 e. The van der Waals surface area contributed by atoms with Crippen LogP contribution in [-0.2, 0) is 5.54 Å². The fourth-order valence-electron chi connectivity index (χ4n) is 2.17. The molecule has 2 aromatic rings. The van der Waals surface area contributed by atoms with Crippen molar-refractivity contribution in [3.63, 3.8) is 0 Å². The molecule has 3 rings (SSSR count). The van der Waals surface area contributed by atoms with E-state index in [2.05, 4.69) is 10.1 Å². The number of nitrogens with two attached hydrogens (primary N) is 1. The van der Waals surface area contributed by atoms with E-state index in [0.29, 0.717) is 11.7 Å². The number of ether oxygens (including phenoxy) is 1. The van der Waals surface area contributed by atoms with Crippen LogP contribution in [0.1, 0.15) is 36.5 Å². The average Bonchev–Trinajstić information content (AvgIpc) is 2.92. The van der Waals surface area contributed by atoms with Gasteiger partial charge in [-0.05, 0) is 43.0 Å². The molecule has 0 atom stereocenters. The molecule has 104 valence electrons. The zero-order valence-corrected chi connectivity index (χ0v) is 11.4. The second-order valence-corrected chi connectivity index (χ2v) is 5.07. The molecular formula is C15H17N3O2. The van der Waals surface area contributed by atoms with Crippen molar-refractivity contribution in [2.75, 3.05) is 7.11 Å². The van der Waals surface area contributed by atoms with E-state index in [0.717, 1.165) is 30.6 Å². The lowest BCUT2D eigenvalue weighted by molar-refractivity contribution is 0.229. The van der Waals surface area contributed by atoms with Gasteiger partial charge in [0.1, 0.15) is 5.75 Å². The van der Waals surface area contributed by atoms with Gasteiger partial charge in [0.05, 0.1) is 12.6 Å². The van der Waals surface area contributed by atoms with Crippen LogP contribution in [0, 0.1) is 0 Å². The Labute approximate surface area is 117 Å². The van der Waals surface area contributed by atoms with E-state index in [1.807, 2.05) is 30.3 Å². The smallest absolute Gasteiger partial charge is 0.250 e. The van der Waals surface area contributed by atoms with Crippen molar-refractivity contribution >= 4 is 12.2 Å². The molecule has 20 heavy (non-hydrogen) atoms. The zero-order valence-electron chi connectivity index (χ0n) is 11.4. The Hall–Kier alpha value is -2.14. The second kappa shape index (κ2) is 5.09. The Morgan fingerprint density at radius 2 is 2.00 bits per heavy atom. The third kappa shape index (κ3) is 2.44. The zero-order chi connectivity index (χ0) is 14.0. The average molecular weight is 271 g/mol. The highest BCUT2D eigenvalue weighted by Gasteiger charge is 2.38. The molecule has 5 nitrogen and oxygen atoms in total. The van der Waals surface area contributed by atoms with Gasteiger partial charge in [-0.3, -0.25) is 0 Å². The number of aromatic nitrogens is 2. The molecule has 0 bridgehead atoms. The summed E-state index contributed by atoms with van der Waals surface area (Å²) in [5, 5.41) is 3.97. The van der Waals surface area contributed by atoms with Crippen LogP contribution in [-0.4, -0.2) is 17.3 Å². The van der Waals surface area contributed by atoms with Crippen molar-refractivity contribution in [3.05, 3.63) is 41.5 Å². The molecule has 0 amide bonds. The predicted octanol–water partition coefficient (Wildman–Crippen LogP) is 2.59. The molecule has 0 saturated heterocycles. The number of nitrogens with zero attached hydrogens (tertiary/aromatic N) is 2. The lowest BCUT2D eigenvalue weighted by Gasteiger charge is -2.34. The molecule has 1 saturated carbocycles. The Morgan fingerprint density at radius 3 is 2.60 bits per heavy atom. The minimum atomic E-state index is -0.379. The van der Waals surface area contributed by atoms with Gasteiger partial charge in [-0.2, -0.15) is 4.98 Å². The highest BCUT2D eigenvalue weighted by Crippen LogP contribution is 2.36. The third-order valence-electron chi connectivity index (χ3n) is 3.67. The highest BCUT2D eigenvalue weighted by atomic mass is 16.5. The van der Waals surface area contributed by atoms with Gasteiger partial charge in [-0.1, -0.05) is 17.3 Å². The van der Waals surface area contributed by atoms with Gasteiger partial charge in [0.25, 0.3) is 5.89 Å². The molecule has 1 aromatic heterocycles. The number of hydrogen-bond donors (Lipinski definition) is 1. The first-order valence-electron chi connectivity index (χ1n) is 6.65. The molecule has 0 radical (unpaired) electrons. The number of hydrogen-bond acceptors (Lipinski definition) is 5. The van der Waals surface area contributed by atoms with Gasteiger partial charge in [0.2, 0.25) is 0 Å². The van der Waals surface area contributed by atoms with Crippen molar-refractivity contribution in [3.8, 4) is 5.75 Å². The van der Waals surface area contributed by atoms with Crippen LogP contribution in [0.4, 0.5) is 0 Å². The first-order valence-corrected chi connectivity index (χ1v) is 6.65. The summed E-state index contributed by atoms with van der Waals surface area (Å²) in [6.45, 7) is 0. The van der Waals surface area contributed by atoms with E-state index < -0.39 is 0 Å². The fraction of sp³-hybridized carbons (Fsp3) is 0.333. The molecule has 1 aromatic carbocycles. The first-order chi connectivity index (χ1) is 9.69. The normalized spacial score (nSPS) is 17.1. The monoisotopic (exact) mass is 271 g/mol. The lowest BCUT2D eigenvalue weighted by atomic mass is 9.77. The highest BCUT2D eigenvalue weighted by molar-refractivity contribution is 5.66. The Bertz CT molecular complexity index is 612. The van der Waals surface area contributed by atoms with E-state index in [9.17, 15) is 0 Å². The van der Waals surface area contributed by atoms with Crippen molar-refractivity contribution in [2.45, 2.75) is 24.8 Å². The van der Waals surface area contributed by atoms with Gasteiger partial charge < -0.3 is 15.0 Å². The SMILES string of the molecule is COc1ccc(/C=C/c2nc(C3(N)CCC3)no2)cc1. The Morgan fingerprint density at radius 1 is 1.25 bits per heavy atom. The van der Waals surface area contributed by atoms with Gasteiger partial charge >= 0.3 is 0 Å². The van der Waals surface area contributed by atoms with E-state index in [1.54, 1.807) is 13.2 Å². The van der Waals surface area contributed by atoms with Gasteiger partial charge in [-0.15, -0.1) is 0 Å². The summed E-state index contributed by atoms with van der Waals surface area (Å²) in [5.74, 6) is 1.92. The van der Waals surface area contributed by atoms with E-state index in [4.69, 9.17) is 15.0 Å². The summed E-state index contributed by atoms with van der Waals surface area (Å²) in [5.41, 5.74) is 6.81. The maximum atomic E-state index is 6.15.